The molecule has 0 amide bonds. The summed E-state index contributed by atoms with van der Waals surface area (Å²) in [6, 6.07) is 13.0. The second-order valence-electron chi connectivity index (χ2n) is 9.05. The van der Waals surface area contributed by atoms with Gasteiger partial charge in [0.2, 0.25) is 0 Å². The zero-order valence-electron chi connectivity index (χ0n) is 20.3. The third kappa shape index (κ3) is 7.06. The molecule has 0 bridgehead atoms. The summed E-state index contributed by atoms with van der Waals surface area (Å²) < 4.78 is 46.0. The van der Waals surface area contributed by atoms with Crippen LogP contribution in [0.15, 0.2) is 48.5 Å². The van der Waals surface area contributed by atoms with Gasteiger partial charge < -0.3 is 19.1 Å². The van der Waals surface area contributed by atoms with Gasteiger partial charge >= 0.3 is 0 Å². The molecule has 5 nitrogen and oxygen atoms in total. The zero-order valence-corrected chi connectivity index (χ0v) is 22.0. The normalized spacial score (nSPS) is 21.9. The van der Waals surface area contributed by atoms with Gasteiger partial charge in [-0.25, -0.2) is 8.78 Å². The highest BCUT2D eigenvalue weighted by Gasteiger charge is 2.49. The van der Waals surface area contributed by atoms with Gasteiger partial charge in [0.25, 0.3) is 0 Å². The lowest BCUT2D eigenvalue weighted by Gasteiger charge is -2.44. The summed E-state index contributed by atoms with van der Waals surface area (Å²) in [4.78, 5) is 4.69. The smallest absolute Gasteiger partial charge is 0.148 e. The van der Waals surface area contributed by atoms with Crippen molar-refractivity contribution in [3.05, 3.63) is 65.7 Å². The van der Waals surface area contributed by atoms with Gasteiger partial charge in [-0.1, -0.05) is 25.1 Å². The summed E-state index contributed by atoms with van der Waals surface area (Å²) in [6.45, 7) is 6.02. The quantitative estimate of drug-likeness (QED) is 0.439. The Hall–Kier alpha value is -1.48. The first-order chi connectivity index (χ1) is 16.0. The van der Waals surface area contributed by atoms with E-state index in [9.17, 15) is 8.78 Å². The van der Waals surface area contributed by atoms with Crippen molar-refractivity contribution in [1.29, 1.82) is 0 Å². The molecule has 0 N–H and O–H groups in total. The van der Waals surface area contributed by atoms with E-state index in [-0.39, 0.29) is 55.4 Å². The molecule has 2 atom stereocenters. The standard InChI is InChI=1S/C26H34F2N2O3.2ClH/c1-3-14-29(2)25(26(18-31-19-32-26)23-6-4-5-7-24(23)28)17-30-15-12-22(13-16-30)33-21-10-8-20(27)9-11-21;;/h4-11,22,25H,3,12-19H2,1-2H3;2*1H. The van der Waals surface area contributed by atoms with Crippen LogP contribution in [0.2, 0.25) is 0 Å². The molecule has 4 rings (SSSR count). The van der Waals surface area contributed by atoms with E-state index in [1.165, 1.54) is 18.2 Å². The van der Waals surface area contributed by atoms with Crippen LogP contribution < -0.4 is 4.74 Å². The fraction of sp³-hybridized carbons (Fsp3) is 0.538. The van der Waals surface area contributed by atoms with Crippen molar-refractivity contribution in [2.45, 2.75) is 43.9 Å². The molecule has 2 unspecified atom stereocenters. The highest BCUT2D eigenvalue weighted by molar-refractivity contribution is 5.85. The molecule has 0 radical (unpaired) electrons. The molecule has 0 saturated carbocycles. The van der Waals surface area contributed by atoms with Crippen LogP contribution in [0.25, 0.3) is 0 Å². The van der Waals surface area contributed by atoms with Gasteiger partial charge in [0, 0.05) is 25.2 Å². The van der Waals surface area contributed by atoms with Crippen molar-refractivity contribution in [2.24, 2.45) is 0 Å². The van der Waals surface area contributed by atoms with E-state index in [2.05, 4.69) is 23.8 Å². The molecule has 2 saturated heterocycles. The first-order valence-electron chi connectivity index (χ1n) is 11.8. The molecule has 2 aromatic carbocycles. The molecule has 2 aliphatic heterocycles. The lowest BCUT2D eigenvalue weighted by Crippen LogP contribution is -2.57. The molecule has 0 aliphatic carbocycles. The Morgan fingerprint density at radius 1 is 1.09 bits per heavy atom. The lowest BCUT2D eigenvalue weighted by molar-refractivity contribution is -0.0776. The highest BCUT2D eigenvalue weighted by atomic mass is 35.5. The molecule has 35 heavy (non-hydrogen) atoms. The number of piperidine rings is 1. The molecule has 0 aromatic heterocycles. The number of hydrogen-bond acceptors (Lipinski definition) is 5. The maximum absolute atomic E-state index is 15.0. The van der Waals surface area contributed by atoms with Crippen LogP contribution in [0.4, 0.5) is 8.78 Å². The topological polar surface area (TPSA) is 34.2 Å². The average molecular weight is 533 g/mol. The molecule has 2 fully saturated rings. The number of nitrogens with zero attached hydrogens (tertiary/aromatic N) is 2. The van der Waals surface area contributed by atoms with Gasteiger partial charge in [0.15, 0.2) is 0 Å². The summed E-state index contributed by atoms with van der Waals surface area (Å²) in [7, 11) is 2.09. The maximum atomic E-state index is 15.0. The third-order valence-electron chi connectivity index (χ3n) is 6.77. The summed E-state index contributed by atoms with van der Waals surface area (Å²) in [6.07, 6.45) is 2.86. The molecule has 2 aliphatic rings. The minimum atomic E-state index is -0.850. The van der Waals surface area contributed by atoms with Crippen molar-refractivity contribution in [1.82, 2.24) is 9.80 Å². The van der Waals surface area contributed by atoms with Crippen LogP contribution in [-0.4, -0.2) is 68.6 Å². The van der Waals surface area contributed by atoms with Crippen LogP contribution in [0, 0.1) is 11.6 Å². The average Bonchev–Trinajstić information content (AvgIpc) is 3.31. The van der Waals surface area contributed by atoms with E-state index in [1.54, 1.807) is 18.2 Å². The van der Waals surface area contributed by atoms with Gasteiger partial charge in [-0.05, 0) is 63.2 Å². The third-order valence-corrected chi connectivity index (χ3v) is 6.77. The fourth-order valence-corrected chi connectivity index (χ4v) is 5.02. The summed E-state index contributed by atoms with van der Waals surface area (Å²) in [5.41, 5.74) is -0.290. The van der Waals surface area contributed by atoms with E-state index in [0.717, 1.165) is 45.4 Å². The molecule has 196 valence electrons. The summed E-state index contributed by atoms with van der Waals surface area (Å²) in [5, 5.41) is 0. The van der Waals surface area contributed by atoms with E-state index in [1.807, 2.05) is 12.1 Å². The number of ether oxygens (including phenoxy) is 3. The molecule has 0 spiro atoms. The number of hydrogen-bond donors (Lipinski definition) is 0. The van der Waals surface area contributed by atoms with Crippen molar-refractivity contribution >= 4 is 24.8 Å². The zero-order chi connectivity index (χ0) is 23.3. The number of likely N-dealkylation sites (N-methyl/N-ethyl adjacent to an activating group) is 1. The Labute approximate surface area is 219 Å². The first kappa shape index (κ1) is 29.7. The van der Waals surface area contributed by atoms with Gasteiger partial charge in [-0.3, -0.25) is 4.90 Å². The van der Waals surface area contributed by atoms with E-state index >= 15 is 0 Å². The van der Waals surface area contributed by atoms with Crippen LogP contribution >= 0.6 is 24.8 Å². The minimum Gasteiger partial charge on any atom is -0.490 e. The Morgan fingerprint density at radius 3 is 2.37 bits per heavy atom. The summed E-state index contributed by atoms with van der Waals surface area (Å²) >= 11 is 0. The molecular weight excluding hydrogens is 497 g/mol. The first-order valence-corrected chi connectivity index (χ1v) is 11.8. The second kappa shape index (κ2) is 13.7. The fourth-order valence-electron chi connectivity index (χ4n) is 5.02. The predicted octanol–water partition coefficient (Wildman–Crippen LogP) is 5.26. The predicted molar refractivity (Wildman–Crippen MR) is 138 cm³/mol. The van der Waals surface area contributed by atoms with Crippen molar-refractivity contribution in [3.8, 4) is 5.75 Å². The Bertz CT molecular complexity index is 892. The lowest BCUT2D eigenvalue weighted by atomic mass is 9.84. The number of rotatable bonds is 9. The number of likely N-dealkylation sites (tertiary alicyclic amines) is 1. The van der Waals surface area contributed by atoms with E-state index < -0.39 is 5.60 Å². The highest BCUT2D eigenvalue weighted by Crippen LogP contribution is 2.38. The van der Waals surface area contributed by atoms with Crippen LogP contribution in [-0.2, 0) is 15.1 Å². The molecule has 2 heterocycles. The van der Waals surface area contributed by atoms with E-state index in [0.29, 0.717) is 17.9 Å². The van der Waals surface area contributed by atoms with Crippen molar-refractivity contribution in [2.75, 3.05) is 46.6 Å². The Balaban J connectivity index is 0.00000216. The van der Waals surface area contributed by atoms with Crippen LogP contribution in [0.3, 0.4) is 0 Å². The largest absolute Gasteiger partial charge is 0.490 e. The molecular formula is C26H36Cl2F2N2O3. The minimum absolute atomic E-state index is 0. The monoisotopic (exact) mass is 532 g/mol. The van der Waals surface area contributed by atoms with Gasteiger partial charge in [0.1, 0.15) is 35.9 Å². The number of benzene rings is 2. The SMILES string of the molecule is CCCN(C)C(CN1CCC(Oc2ccc(F)cc2)CC1)C1(c2ccccc2F)COCO1.Cl.Cl. The van der Waals surface area contributed by atoms with E-state index in [4.69, 9.17) is 14.2 Å². The second-order valence-corrected chi connectivity index (χ2v) is 9.05. The van der Waals surface area contributed by atoms with Crippen molar-refractivity contribution in [3.63, 3.8) is 0 Å². The van der Waals surface area contributed by atoms with Crippen LogP contribution in [0.1, 0.15) is 31.7 Å². The van der Waals surface area contributed by atoms with Gasteiger partial charge in [-0.2, -0.15) is 0 Å². The van der Waals surface area contributed by atoms with Gasteiger partial charge in [-0.15, -0.1) is 24.8 Å². The molecule has 2 aromatic rings. The Kier molecular flexibility index (Phi) is 11.7. The summed E-state index contributed by atoms with van der Waals surface area (Å²) in [5.74, 6) is 0.177. The Morgan fingerprint density at radius 2 is 1.77 bits per heavy atom. The maximum Gasteiger partial charge on any atom is 0.148 e. The van der Waals surface area contributed by atoms with Gasteiger partial charge in [0.05, 0.1) is 12.6 Å². The number of halogens is 4. The van der Waals surface area contributed by atoms with Crippen LogP contribution in [0.5, 0.6) is 5.75 Å². The molecule has 9 heteroatoms. The van der Waals surface area contributed by atoms with Crippen molar-refractivity contribution < 1.29 is 23.0 Å².